The first-order chi connectivity index (χ1) is 18.0. The van der Waals surface area contributed by atoms with E-state index in [-0.39, 0.29) is 27.8 Å². The minimum atomic E-state index is -4.28. The number of carbonyl (C=O) groups is 1. The van der Waals surface area contributed by atoms with Crippen molar-refractivity contribution in [2.45, 2.75) is 29.2 Å². The van der Waals surface area contributed by atoms with Gasteiger partial charge in [0.2, 0.25) is 5.91 Å². The quantitative estimate of drug-likeness (QED) is 0.424. The maximum absolute atomic E-state index is 13.7. The topological polar surface area (TPSA) is 119 Å². The number of hydrogen-bond donors (Lipinski definition) is 1. The van der Waals surface area contributed by atoms with Gasteiger partial charge >= 0.3 is 0 Å². The number of nitrogens with one attached hydrogen (secondary N) is 1. The fourth-order valence-corrected chi connectivity index (χ4v) is 6.04. The molecule has 12 heteroatoms. The maximum Gasteiger partial charge on any atom is 0.264 e. The minimum Gasteiger partial charge on any atom is -0.486 e. The van der Waals surface area contributed by atoms with Crippen LogP contribution in [0.1, 0.15) is 24.9 Å². The number of sulfone groups is 1. The molecule has 4 rings (SSSR count). The van der Waals surface area contributed by atoms with E-state index in [4.69, 9.17) is 9.47 Å². The Labute approximate surface area is 221 Å². The summed E-state index contributed by atoms with van der Waals surface area (Å²) in [6, 6.07) is 14.6. The van der Waals surface area contributed by atoms with E-state index in [2.05, 4.69) is 5.32 Å². The summed E-state index contributed by atoms with van der Waals surface area (Å²) in [5, 5.41) is 2.81. The monoisotopic (exact) mass is 562 g/mol. The summed E-state index contributed by atoms with van der Waals surface area (Å²) in [6.45, 7) is 1.86. The molecular weight excluding hydrogens is 535 g/mol. The highest BCUT2D eigenvalue weighted by Crippen LogP contribution is 2.34. The molecule has 0 radical (unpaired) electrons. The molecule has 0 saturated carbocycles. The SMILES string of the molecule is CCC(NC(=O)CN(c1ccc(F)cc1)S(=O)(=O)c1ccc2c(c1)OCCO2)c1ccc(S(C)(=O)=O)cc1. The number of anilines is 1. The molecule has 0 saturated heterocycles. The molecule has 38 heavy (non-hydrogen) atoms. The van der Waals surface area contributed by atoms with Crippen LogP contribution in [0.25, 0.3) is 0 Å². The number of amides is 1. The predicted octanol–water partition coefficient (Wildman–Crippen LogP) is 3.46. The summed E-state index contributed by atoms with van der Waals surface area (Å²) < 4.78 is 76.4. The number of rotatable bonds is 9. The number of sulfonamides is 1. The van der Waals surface area contributed by atoms with E-state index >= 15 is 0 Å². The lowest BCUT2D eigenvalue weighted by molar-refractivity contribution is -0.120. The van der Waals surface area contributed by atoms with Crippen LogP contribution >= 0.6 is 0 Å². The van der Waals surface area contributed by atoms with E-state index in [1.165, 1.54) is 42.5 Å². The first kappa shape index (κ1) is 27.4. The standard InChI is InChI=1S/C26H27FN2O7S2/c1-3-23(18-4-10-21(11-5-18)37(2,31)32)28-26(30)17-29(20-8-6-19(27)7-9-20)38(33,34)22-12-13-24-25(16-22)36-15-14-35-24/h4-13,16,23H,3,14-15,17H2,1-2H3,(H,28,30). The van der Waals surface area contributed by atoms with Gasteiger partial charge in [0.15, 0.2) is 21.3 Å². The van der Waals surface area contributed by atoms with Crippen molar-refractivity contribution in [3.05, 3.63) is 78.1 Å². The molecule has 0 fully saturated rings. The van der Waals surface area contributed by atoms with Crippen molar-refractivity contribution in [2.24, 2.45) is 0 Å². The highest BCUT2D eigenvalue weighted by Gasteiger charge is 2.29. The van der Waals surface area contributed by atoms with Gasteiger partial charge in [0.25, 0.3) is 10.0 Å². The lowest BCUT2D eigenvalue weighted by Crippen LogP contribution is -2.42. The third-order valence-corrected chi connectivity index (χ3v) is 8.86. The van der Waals surface area contributed by atoms with Crippen molar-refractivity contribution >= 4 is 31.5 Å². The molecule has 202 valence electrons. The van der Waals surface area contributed by atoms with Gasteiger partial charge < -0.3 is 14.8 Å². The van der Waals surface area contributed by atoms with E-state index in [0.29, 0.717) is 24.3 Å². The van der Waals surface area contributed by atoms with E-state index in [1.807, 2.05) is 6.92 Å². The molecule has 1 amide bonds. The Balaban J connectivity index is 1.61. The number of fused-ring (bicyclic) bond motifs is 1. The van der Waals surface area contributed by atoms with Crippen molar-refractivity contribution in [3.8, 4) is 11.5 Å². The molecule has 1 heterocycles. The molecule has 0 bridgehead atoms. The Hall–Kier alpha value is -3.64. The molecule has 1 N–H and O–H groups in total. The number of nitrogens with zero attached hydrogens (tertiary/aromatic N) is 1. The van der Waals surface area contributed by atoms with Gasteiger partial charge in [0, 0.05) is 12.3 Å². The molecule has 3 aromatic carbocycles. The Morgan fingerprint density at radius 3 is 2.13 bits per heavy atom. The van der Waals surface area contributed by atoms with Crippen molar-refractivity contribution in [2.75, 3.05) is 30.3 Å². The Morgan fingerprint density at radius 1 is 0.921 bits per heavy atom. The van der Waals surface area contributed by atoms with Crippen molar-refractivity contribution in [1.29, 1.82) is 0 Å². The fourth-order valence-electron chi connectivity index (χ4n) is 3.97. The van der Waals surface area contributed by atoms with E-state index in [9.17, 15) is 26.0 Å². The number of hydrogen-bond acceptors (Lipinski definition) is 7. The summed E-state index contributed by atoms with van der Waals surface area (Å²) in [6.07, 6.45) is 1.57. The molecule has 1 aliphatic rings. The minimum absolute atomic E-state index is 0.0991. The van der Waals surface area contributed by atoms with E-state index < -0.39 is 44.2 Å². The van der Waals surface area contributed by atoms with Crippen LogP contribution in [0.4, 0.5) is 10.1 Å². The second-order valence-corrected chi connectivity index (χ2v) is 12.5. The number of carbonyl (C=O) groups excluding carboxylic acids is 1. The average molecular weight is 563 g/mol. The Morgan fingerprint density at radius 2 is 1.53 bits per heavy atom. The molecule has 1 unspecified atom stereocenters. The lowest BCUT2D eigenvalue weighted by Gasteiger charge is -2.26. The molecule has 1 atom stereocenters. The molecule has 9 nitrogen and oxygen atoms in total. The van der Waals surface area contributed by atoms with E-state index in [1.54, 1.807) is 12.1 Å². The highest BCUT2D eigenvalue weighted by atomic mass is 32.2. The van der Waals surface area contributed by atoms with Crippen LogP contribution in [0.5, 0.6) is 11.5 Å². The van der Waals surface area contributed by atoms with Crippen LogP contribution in [0, 0.1) is 5.82 Å². The molecule has 0 aliphatic carbocycles. The summed E-state index contributed by atoms with van der Waals surface area (Å²) in [5.74, 6) is -0.480. The fraction of sp³-hybridized carbons (Fsp3) is 0.269. The zero-order chi connectivity index (χ0) is 27.5. The van der Waals surface area contributed by atoms with Crippen LogP contribution in [0.2, 0.25) is 0 Å². The second kappa shape index (κ2) is 11.0. The first-order valence-electron chi connectivity index (χ1n) is 11.8. The third-order valence-electron chi connectivity index (χ3n) is 5.96. The van der Waals surface area contributed by atoms with Gasteiger partial charge in [-0.3, -0.25) is 9.10 Å². The Bertz CT molecular complexity index is 1520. The normalized spacial score (nSPS) is 14.0. The smallest absolute Gasteiger partial charge is 0.264 e. The van der Waals surface area contributed by atoms with Gasteiger partial charge in [-0.15, -0.1) is 0 Å². The molecule has 0 spiro atoms. The van der Waals surface area contributed by atoms with Gasteiger partial charge in [0.05, 0.1) is 21.5 Å². The largest absolute Gasteiger partial charge is 0.486 e. The highest BCUT2D eigenvalue weighted by molar-refractivity contribution is 7.93. The summed E-state index contributed by atoms with van der Waals surface area (Å²) in [7, 11) is -7.65. The van der Waals surface area contributed by atoms with Crippen LogP contribution < -0.4 is 19.1 Å². The molecular formula is C26H27FN2O7S2. The number of halogens is 1. The molecule has 0 aromatic heterocycles. The molecule has 3 aromatic rings. The van der Waals surface area contributed by atoms with Gasteiger partial charge in [-0.25, -0.2) is 21.2 Å². The average Bonchev–Trinajstić information content (AvgIpc) is 2.90. The summed E-state index contributed by atoms with van der Waals surface area (Å²) >= 11 is 0. The van der Waals surface area contributed by atoms with Crippen molar-refractivity contribution in [3.63, 3.8) is 0 Å². The van der Waals surface area contributed by atoms with Crippen molar-refractivity contribution in [1.82, 2.24) is 5.32 Å². The van der Waals surface area contributed by atoms with Crippen LogP contribution in [0.15, 0.2) is 76.5 Å². The summed E-state index contributed by atoms with van der Waals surface area (Å²) in [5.41, 5.74) is 0.762. The zero-order valence-corrected chi connectivity index (χ0v) is 22.4. The zero-order valence-electron chi connectivity index (χ0n) is 20.8. The Kier molecular flexibility index (Phi) is 7.93. The van der Waals surface area contributed by atoms with E-state index in [0.717, 1.165) is 22.7 Å². The lowest BCUT2D eigenvalue weighted by atomic mass is 10.0. The number of ether oxygens (including phenoxy) is 2. The maximum atomic E-state index is 13.7. The summed E-state index contributed by atoms with van der Waals surface area (Å²) in [4.78, 5) is 13.2. The first-order valence-corrected chi connectivity index (χ1v) is 15.1. The van der Waals surface area contributed by atoms with Crippen LogP contribution in [0.3, 0.4) is 0 Å². The second-order valence-electron chi connectivity index (χ2n) is 8.66. The van der Waals surface area contributed by atoms with Gasteiger partial charge in [-0.2, -0.15) is 0 Å². The van der Waals surface area contributed by atoms with Gasteiger partial charge in [-0.1, -0.05) is 19.1 Å². The van der Waals surface area contributed by atoms with Crippen LogP contribution in [-0.2, 0) is 24.7 Å². The third kappa shape index (κ3) is 6.08. The van der Waals surface area contributed by atoms with Crippen LogP contribution in [-0.4, -0.2) is 48.8 Å². The van der Waals surface area contributed by atoms with Gasteiger partial charge in [-0.05, 0) is 60.5 Å². The molecule has 1 aliphatic heterocycles. The predicted molar refractivity (Wildman–Crippen MR) is 139 cm³/mol. The van der Waals surface area contributed by atoms with Gasteiger partial charge in [0.1, 0.15) is 25.6 Å². The number of benzene rings is 3. The van der Waals surface area contributed by atoms with Crippen molar-refractivity contribution < 1.29 is 35.5 Å².